The van der Waals surface area contributed by atoms with Crippen LogP contribution in [0.5, 0.6) is 0 Å². The zero-order valence-corrected chi connectivity index (χ0v) is 6.75. The van der Waals surface area contributed by atoms with Crippen molar-refractivity contribution in [3.05, 3.63) is 23.2 Å². The molecule has 0 N–H and O–H groups in total. The summed E-state index contributed by atoms with van der Waals surface area (Å²) < 4.78 is 40.1. The maximum Gasteiger partial charge on any atom is 0.450 e. The third-order valence-electron chi connectivity index (χ3n) is 1.47. The highest BCUT2D eigenvalue weighted by molar-refractivity contribution is 6.00. The third kappa shape index (κ3) is 1.92. The summed E-state index contributed by atoms with van der Waals surface area (Å²) in [7, 11) is 0. The summed E-state index contributed by atoms with van der Waals surface area (Å²) in [5, 5.41) is 20.5. The molecule has 0 fully saturated rings. The van der Waals surface area contributed by atoms with Crippen molar-refractivity contribution in [2.45, 2.75) is 6.18 Å². The first kappa shape index (κ1) is 11.1. The van der Waals surface area contributed by atoms with Crippen LogP contribution in [-0.4, -0.2) is 11.9 Å². The summed E-state index contributed by atoms with van der Waals surface area (Å²) in [5.74, 6) is -6.31. The second kappa shape index (κ2) is 3.30. The number of alkyl halides is 3. The first-order chi connectivity index (χ1) is 6.75. The van der Waals surface area contributed by atoms with Gasteiger partial charge in [0.2, 0.25) is 5.76 Å². The number of rotatable bonds is 2. The average Bonchev–Trinajstić information content (AvgIpc) is 2.45. The average molecular weight is 222 g/mol. The summed E-state index contributed by atoms with van der Waals surface area (Å²) in [6.45, 7) is 0. The minimum absolute atomic E-state index is 0.142. The van der Waals surface area contributed by atoms with Crippen LogP contribution < -0.4 is 10.2 Å². The molecule has 1 aromatic rings. The van der Waals surface area contributed by atoms with Gasteiger partial charge in [-0.15, -0.1) is 0 Å². The quantitative estimate of drug-likeness (QED) is 0.641. The first-order valence-corrected chi connectivity index (χ1v) is 3.36. The van der Waals surface area contributed by atoms with Crippen molar-refractivity contribution in [2.24, 2.45) is 0 Å². The molecule has 5 nitrogen and oxygen atoms in total. The van der Waals surface area contributed by atoms with Crippen LogP contribution in [0, 0.1) is 0 Å². The maximum atomic E-state index is 12.1. The van der Waals surface area contributed by atoms with E-state index < -0.39 is 35.0 Å². The van der Waals surface area contributed by atoms with E-state index in [1.807, 2.05) is 0 Å². The normalized spacial score (nSPS) is 11.4. The van der Waals surface area contributed by atoms with Gasteiger partial charge >= 0.3 is 6.18 Å². The molecular weight excluding hydrogens is 221 g/mol. The molecule has 0 aliphatic rings. The molecule has 0 aliphatic heterocycles. The minimum atomic E-state index is -5.11. The molecule has 0 saturated heterocycles. The lowest BCUT2D eigenvalue weighted by atomic mass is 10.1. The molecule has 0 unspecified atom stereocenters. The van der Waals surface area contributed by atoms with E-state index in [0.29, 0.717) is 0 Å². The Balaban J connectivity index is 3.44. The van der Waals surface area contributed by atoms with Crippen LogP contribution in [0.1, 0.15) is 26.5 Å². The van der Waals surface area contributed by atoms with E-state index >= 15 is 0 Å². The molecule has 0 saturated carbocycles. The topological polar surface area (TPSA) is 93.4 Å². The van der Waals surface area contributed by atoms with Crippen LogP contribution in [0.25, 0.3) is 0 Å². The molecule has 1 aromatic heterocycles. The van der Waals surface area contributed by atoms with Gasteiger partial charge in [-0.25, -0.2) is 0 Å². The molecule has 0 radical (unpaired) electrons. The Bertz CT molecular complexity index is 417. The molecule has 1 heterocycles. The van der Waals surface area contributed by atoms with Crippen molar-refractivity contribution in [1.82, 2.24) is 0 Å². The van der Waals surface area contributed by atoms with E-state index in [4.69, 9.17) is 0 Å². The van der Waals surface area contributed by atoms with Gasteiger partial charge in [-0.2, -0.15) is 13.2 Å². The maximum absolute atomic E-state index is 12.1. The van der Waals surface area contributed by atoms with E-state index in [1.54, 1.807) is 0 Å². The monoisotopic (exact) mass is 222 g/mol. The number of halogens is 3. The number of furan rings is 1. The number of carbonyl (C=O) groups is 2. The number of carboxylic acid groups (broad SMARTS) is 2. The first-order valence-electron chi connectivity index (χ1n) is 3.36. The molecule has 0 bridgehead atoms. The number of aromatic carboxylic acids is 2. The summed E-state index contributed by atoms with van der Waals surface area (Å²) in [4.78, 5) is 20.5. The molecular formula is C7HF3O5-2. The Labute approximate surface area is 79.7 Å². The van der Waals surface area contributed by atoms with Crippen LogP contribution in [0.4, 0.5) is 13.2 Å². The Morgan fingerprint density at radius 1 is 1.20 bits per heavy atom. The minimum Gasteiger partial charge on any atom is -0.545 e. The highest BCUT2D eigenvalue weighted by Crippen LogP contribution is 2.34. The Morgan fingerprint density at radius 2 is 1.73 bits per heavy atom. The van der Waals surface area contributed by atoms with Gasteiger partial charge in [0.1, 0.15) is 6.26 Å². The third-order valence-corrected chi connectivity index (χ3v) is 1.47. The zero-order valence-electron chi connectivity index (χ0n) is 6.75. The fraction of sp³-hybridized carbons (Fsp3) is 0.143. The van der Waals surface area contributed by atoms with Gasteiger partial charge in [-0.05, 0) is 0 Å². The molecule has 0 spiro atoms. The Kier molecular flexibility index (Phi) is 2.44. The van der Waals surface area contributed by atoms with Crippen LogP contribution in [-0.2, 0) is 6.18 Å². The highest BCUT2D eigenvalue weighted by atomic mass is 19.4. The lowest BCUT2D eigenvalue weighted by Crippen LogP contribution is -2.30. The van der Waals surface area contributed by atoms with Crippen LogP contribution in [0.3, 0.4) is 0 Å². The number of hydrogen-bond acceptors (Lipinski definition) is 5. The van der Waals surface area contributed by atoms with Gasteiger partial charge in [0.25, 0.3) is 0 Å². The van der Waals surface area contributed by atoms with Crippen molar-refractivity contribution in [3.8, 4) is 0 Å². The predicted molar refractivity (Wildman–Crippen MR) is 32.4 cm³/mol. The molecule has 82 valence electrons. The van der Waals surface area contributed by atoms with E-state index in [1.165, 1.54) is 0 Å². The zero-order chi connectivity index (χ0) is 11.8. The van der Waals surface area contributed by atoms with Crippen molar-refractivity contribution in [2.75, 3.05) is 0 Å². The van der Waals surface area contributed by atoms with Crippen LogP contribution in [0.15, 0.2) is 10.7 Å². The Hall–Kier alpha value is -1.99. The van der Waals surface area contributed by atoms with E-state index in [2.05, 4.69) is 4.42 Å². The molecule has 0 aromatic carbocycles. The van der Waals surface area contributed by atoms with Gasteiger partial charge in [-0.1, -0.05) is 0 Å². The summed E-state index contributed by atoms with van der Waals surface area (Å²) in [6.07, 6.45) is -4.97. The second-order valence-electron chi connectivity index (χ2n) is 2.43. The standard InChI is InChI=1S/C7H3F3O5/c8-7(9,10)4-3(6(13)14)2(1-15-4)5(11)12/h1H,(H,11,12)(H,13,14)/p-2. The van der Waals surface area contributed by atoms with Gasteiger partial charge < -0.3 is 24.2 Å². The predicted octanol–water partition coefficient (Wildman–Crippen LogP) is -0.975. The highest BCUT2D eigenvalue weighted by Gasteiger charge is 2.39. The van der Waals surface area contributed by atoms with Gasteiger partial charge in [0, 0.05) is 5.56 Å². The van der Waals surface area contributed by atoms with Gasteiger partial charge in [0.05, 0.1) is 17.5 Å². The van der Waals surface area contributed by atoms with Gasteiger partial charge in [-0.3, -0.25) is 0 Å². The van der Waals surface area contributed by atoms with E-state index in [0.717, 1.165) is 0 Å². The molecule has 1 rings (SSSR count). The molecule has 8 heteroatoms. The van der Waals surface area contributed by atoms with Crippen molar-refractivity contribution < 1.29 is 37.4 Å². The fourth-order valence-corrected chi connectivity index (χ4v) is 0.919. The number of hydrogen-bond donors (Lipinski definition) is 0. The SMILES string of the molecule is O=C([O-])c1coc(C(F)(F)F)c1C(=O)[O-]. The van der Waals surface area contributed by atoms with E-state index in [-0.39, 0.29) is 6.26 Å². The summed E-state index contributed by atoms with van der Waals surface area (Å²) in [6, 6.07) is 0. The van der Waals surface area contributed by atoms with Crippen molar-refractivity contribution in [3.63, 3.8) is 0 Å². The van der Waals surface area contributed by atoms with Crippen molar-refractivity contribution in [1.29, 1.82) is 0 Å². The summed E-state index contributed by atoms with van der Waals surface area (Å²) in [5.41, 5.74) is -2.77. The molecule has 0 amide bonds. The molecule has 15 heavy (non-hydrogen) atoms. The lowest BCUT2D eigenvalue weighted by molar-refractivity contribution is -0.260. The van der Waals surface area contributed by atoms with Crippen LogP contribution >= 0.6 is 0 Å². The number of carbonyl (C=O) groups excluding carboxylic acids is 2. The van der Waals surface area contributed by atoms with Crippen molar-refractivity contribution >= 4 is 11.9 Å². The van der Waals surface area contributed by atoms with Gasteiger partial charge in [0.15, 0.2) is 0 Å². The van der Waals surface area contributed by atoms with E-state index in [9.17, 15) is 33.0 Å². The van der Waals surface area contributed by atoms with Crippen LogP contribution in [0.2, 0.25) is 0 Å². The Morgan fingerprint density at radius 3 is 2.07 bits per heavy atom. The largest absolute Gasteiger partial charge is 0.545 e. The second-order valence-corrected chi connectivity index (χ2v) is 2.43. The smallest absolute Gasteiger partial charge is 0.450 e. The summed E-state index contributed by atoms with van der Waals surface area (Å²) >= 11 is 0. The number of carboxylic acids is 2. The molecule has 0 aliphatic carbocycles. The molecule has 0 atom stereocenters. The fourth-order valence-electron chi connectivity index (χ4n) is 0.919. The lowest BCUT2D eigenvalue weighted by Gasteiger charge is -2.08.